The van der Waals surface area contributed by atoms with E-state index in [1.165, 1.54) is 12.8 Å². The van der Waals surface area contributed by atoms with Gasteiger partial charge >= 0.3 is 0 Å². The first-order valence-electron chi connectivity index (χ1n) is 5.57. The molecule has 3 nitrogen and oxygen atoms in total. The smallest absolute Gasteiger partial charge is 0.128 e. The highest BCUT2D eigenvalue weighted by Gasteiger charge is 2.09. The lowest BCUT2D eigenvalue weighted by molar-refractivity contribution is 0.610. The van der Waals surface area contributed by atoms with Crippen LogP contribution in [0.5, 0.6) is 0 Å². The number of aromatic nitrogens is 1. The second-order valence-corrected chi connectivity index (χ2v) is 3.94. The highest BCUT2D eigenvalue weighted by atomic mass is 15.2. The van der Waals surface area contributed by atoms with Crippen molar-refractivity contribution in [3.8, 4) is 0 Å². The molecule has 0 fully saturated rings. The Bertz CT molecular complexity index is 299. The van der Waals surface area contributed by atoms with E-state index in [2.05, 4.69) is 30.8 Å². The summed E-state index contributed by atoms with van der Waals surface area (Å²) in [6.07, 6.45) is 2.38. The maximum absolute atomic E-state index is 5.57. The van der Waals surface area contributed by atoms with Crippen LogP contribution in [-0.2, 0) is 6.54 Å². The molecule has 1 aromatic heterocycles. The van der Waals surface area contributed by atoms with E-state index in [1.54, 1.807) is 0 Å². The Morgan fingerprint density at radius 1 is 1.47 bits per heavy atom. The lowest BCUT2D eigenvalue weighted by Gasteiger charge is -2.25. The number of pyridine rings is 1. The van der Waals surface area contributed by atoms with E-state index < -0.39 is 0 Å². The fraction of sp³-hybridized carbons (Fsp3) is 0.583. The molecule has 1 aromatic rings. The van der Waals surface area contributed by atoms with Gasteiger partial charge in [0.15, 0.2) is 0 Å². The van der Waals surface area contributed by atoms with Crippen LogP contribution in [-0.4, -0.2) is 18.1 Å². The Hall–Kier alpha value is -1.09. The molecule has 0 radical (unpaired) electrons. The van der Waals surface area contributed by atoms with Gasteiger partial charge in [-0.1, -0.05) is 19.4 Å². The summed E-state index contributed by atoms with van der Waals surface area (Å²) in [6, 6.07) is 6.53. The molecule has 0 aliphatic rings. The third kappa shape index (κ3) is 3.20. The Kier molecular flexibility index (Phi) is 4.56. The zero-order valence-electron chi connectivity index (χ0n) is 9.90. The summed E-state index contributed by atoms with van der Waals surface area (Å²) >= 11 is 0. The number of nitrogens with zero attached hydrogens (tertiary/aromatic N) is 2. The Morgan fingerprint density at radius 2 is 2.20 bits per heavy atom. The van der Waals surface area contributed by atoms with Crippen molar-refractivity contribution in [2.75, 3.05) is 11.9 Å². The van der Waals surface area contributed by atoms with E-state index in [-0.39, 0.29) is 0 Å². The minimum Gasteiger partial charge on any atom is -0.357 e. The third-order valence-electron chi connectivity index (χ3n) is 2.73. The van der Waals surface area contributed by atoms with Crippen molar-refractivity contribution < 1.29 is 0 Å². The van der Waals surface area contributed by atoms with Crippen molar-refractivity contribution in [3.63, 3.8) is 0 Å². The van der Waals surface area contributed by atoms with Crippen LogP contribution < -0.4 is 10.6 Å². The lowest BCUT2D eigenvalue weighted by Crippen LogP contribution is -2.29. The van der Waals surface area contributed by atoms with Crippen molar-refractivity contribution >= 4 is 5.82 Å². The molecule has 0 aliphatic carbocycles. The quantitative estimate of drug-likeness (QED) is 0.804. The Morgan fingerprint density at radius 3 is 2.80 bits per heavy atom. The molecule has 1 rings (SSSR count). The van der Waals surface area contributed by atoms with Gasteiger partial charge in [-0.15, -0.1) is 0 Å². The molecule has 1 heterocycles. The predicted molar refractivity (Wildman–Crippen MR) is 64.9 cm³/mol. The predicted octanol–water partition coefficient (Wildman–Crippen LogP) is 2.17. The van der Waals surface area contributed by atoms with Crippen molar-refractivity contribution in [1.29, 1.82) is 0 Å². The van der Waals surface area contributed by atoms with Gasteiger partial charge < -0.3 is 10.6 Å². The van der Waals surface area contributed by atoms with Crippen LogP contribution in [0.2, 0.25) is 0 Å². The van der Waals surface area contributed by atoms with Crippen LogP contribution in [0.3, 0.4) is 0 Å². The van der Waals surface area contributed by atoms with E-state index in [1.807, 2.05) is 18.2 Å². The molecule has 2 N–H and O–H groups in total. The summed E-state index contributed by atoms with van der Waals surface area (Å²) in [5.41, 5.74) is 6.52. The van der Waals surface area contributed by atoms with Gasteiger partial charge in [0.25, 0.3) is 0 Å². The summed E-state index contributed by atoms with van der Waals surface area (Å²) < 4.78 is 0. The van der Waals surface area contributed by atoms with Crippen molar-refractivity contribution in [2.24, 2.45) is 5.73 Å². The van der Waals surface area contributed by atoms with Crippen molar-refractivity contribution in [3.05, 3.63) is 23.9 Å². The molecule has 15 heavy (non-hydrogen) atoms. The maximum Gasteiger partial charge on any atom is 0.128 e. The summed E-state index contributed by atoms with van der Waals surface area (Å²) in [5.74, 6) is 1.01. The van der Waals surface area contributed by atoms with Gasteiger partial charge in [0.2, 0.25) is 0 Å². The molecule has 0 aliphatic heterocycles. The molecule has 0 saturated carbocycles. The third-order valence-corrected chi connectivity index (χ3v) is 2.73. The number of anilines is 1. The number of rotatable bonds is 5. The van der Waals surface area contributed by atoms with Crippen LogP contribution in [0.15, 0.2) is 18.2 Å². The number of hydrogen-bond donors (Lipinski definition) is 1. The second-order valence-electron chi connectivity index (χ2n) is 3.94. The molecule has 0 bridgehead atoms. The molecular weight excluding hydrogens is 186 g/mol. The number of hydrogen-bond acceptors (Lipinski definition) is 3. The fourth-order valence-electron chi connectivity index (χ4n) is 1.61. The standard InChI is InChI=1S/C12H21N3/c1-4-6-10(2)15(3)12-8-5-7-11(9-13)14-12/h5,7-8,10H,4,6,9,13H2,1-3H3. The summed E-state index contributed by atoms with van der Waals surface area (Å²) in [5, 5.41) is 0. The van der Waals surface area contributed by atoms with Gasteiger partial charge in [-0.2, -0.15) is 0 Å². The summed E-state index contributed by atoms with van der Waals surface area (Å²) in [6.45, 7) is 4.93. The van der Waals surface area contributed by atoms with E-state index >= 15 is 0 Å². The largest absolute Gasteiger partial charge is 0.357 e. The van der Waals surface area contributed by atoms with Crippen LogP contribution >= 0.6 is 0 Å². The fourth-order valence-corrected chi connectivity index (χ4v) is 1.61. The van der Waals surface area contributed by atoms with Crippen LogP contribution in [0.4, 0.5) is 5.82 Å². The van der Waals surface area contributed by atoms with Crippen LogP contribution in [0.1, 0.15) is 32.4 Å². The molecular formula is C12H21N3. The van der Waals surface area contributed by atoms with E-state index in [0.29, 0.717) is 12.6 Å². The van der Waals surface area contributed by atoms with E-state index in [4.69, 9.17) is 5.73 Å². The van der Waals surface area contributed by atoms with E-state index in [0.717, 1.165) is 11.5 Å². The molecule has 3 heteroatoms. The van der Waals surface area contributed by atoms with Gasteiger partial charge in [0, 0.05) is 19.6 Å². The van der Waals surface area contributed by atoms with Gasteiger partial charge in [-0.05, 0) is 25.5 Å². The van der Waals surface area contributed by atoms with Crippen molar-refractivity contribution in [1.82, 2.24) is 4.98 Å². The molecule has 84 valence electrons. The minimum atomic E-state index is 0.504. The minimum absolute atomic E-state index is 0.504. The normalized spacial score (nSPS) is 12.5. The SMILES string of the molecule is CCCC(C)N(C)c1cccc(CN)n1. The number of nitrogens with two attached hydrogens (primary N) is 1. The highest BCUT2D eigenvalue weighted by Crippen LogP contribution is 2.14. The Balaban J connectivity index is 2.76. The van der Waals surface area contributed by atoms with Gasteiger partial charge in [-0.3, -0.25) is 0 Å². The summed E-state index contributed by atoms with van der Waals surface area (Å²) in [4.78, 5) is 6.71. The molecule has 1 unspecified atom stereocenters. The first kappa shape index (κ1) is 12.0. The van der Waals surface area contributed by atoms with Gasteiger partial charge in [0.1, 0.15) is 5.82 Å². The maximum atomic E-state index is 5.57. The zero-order chi connectivity index (χ0) is 11.3. The molecule has 0 spiro atoms. The lowest BCUT2D eigenvalue weighted by atomic mass is 10.2. The molecule has 0 amide bonds. The average molecular weight is 207 g/mol. The summed E-state index contributed by atoms with van der Waals surface area (Å²) in [7, 11) is 2.09. The average Bonchev–Trinajstić information content (AvgIpc) is 2.28. The van der Waals surface area contributed by atoms with Gasteiger partial charge in [0.05, 0.1) is 5.69 Å². The van der Waals surface area contributed by atoms with Crippen LogP contribution in [0.25, 0.3) is 0 Å². The van der Waals surface area contributed by atoms with Crippen molar-refractivity contribution in [2.45, 2.75) is 39.3 Å². The Labute approximate surface area is 92.3 Å². The van der Waals surface area contributed by atoms with Gasteiger partial charge in [-0.25, -0.2) is 4.98 Å². The topological polar surface area (TPSA) is 42.1 Å². The molecule has 0 saturated heterocycles. The molecule has 0 aromatic carbocycles. The first-order chi connectivity index (χ1) is 7.19. The zero-order valence-corrected chi connectivity index (χ0v) is 9.90. The second kappa shape index (κ2) is 5.71. The van der Waals surface area contributed by atoms with E-state index in [9.17, 15) is 0 Å². The first-order valence-corrected chi connectivity index (χ1v) is 5.57. The molecule has 1 atom stereocenters. The highest BCUT2D eigenvalue weighted by molar-refractivity contribution is 5.39. The monoisotopic (exact) mass is 207 g/mol. The van der Waals surface area contributed by atoms with Crippen LogP contribution in [0, 0.1) is 0 Å².